The monoisotopic (exact) mass is 403 g/mol. The summed E-state index contributed by atoms with van der Waals surface area (Å²) in [7, 11) is 0. The molecule has 0 aliphatic carbocycles. The summed E-state index contributed by atoms with van der Waals surface area (Å²) in [6.07, 6.45) is 2.17. The average molecular weight is 403 g/mol. The first-order valence-electron chi connectivity index (χ1n) is 8.91. The Kier molecular flexibility index (Phi) is 6.78. The highest BCUT2D eigenvalue weighted by Gasteiger charge is 2.19. The Bertz CT molecular complexity index is 896. The maximum Gasteiger partial charge on any atom is 0.387 e. The first-order chi connectivity index (χ1) is 14.0. The molecular weight excluding hydrogens is 384 g/mol. The second kappa shape index (κ2) is 9.68. The summed E-state index contributed by atoms with van der Waals surface area (Å²) in [5.74, 6) is -0.281. The molecule has 6 nitrogen and oxygen atoms in total. The largest absolute Gasteiger partial charge is 0.488 e. The van der Waals surface area contributed by atoms with Crippen LogP contribution in [0, 0.1) is 0 Å². The van der Waals surface area contributed by atoms with E-state index < -0.39 is 25.1 Å². The number of rotatable bonds is 8. The van der Waals surface area contributed by atoms with Gasteiger partial charge in [-0.05, 0) is 36.3 Å². The molecule has 0 bridgehead atoms. The number of carbonyl (C=O) groups excluding carboxylic acids is 2. The summed E-state index contributed by atoms with van der Waals surface area (Å²) in [6, 6.07) is 13.4. The summed E-state index contributed by atoms with van der Waals surface area (Å²) in [5, 5.41) is 2.63. The maximum absolute atomic E-state index is 12.1. The summed E-state index contributed by atoms with van der Waals surface area (Å²) in [5.41, 5.74) is 1.95. The zero-order chi connectivity index (χ0) is 20.6. The normalized spacial score (nSPS) is 12.4. The fourth-order valence-corrected chi connectivity index (χ4v) is 2.69. The van der Waals surface area contributed by atoms with Crippen molar-refractivity contribution in [2.45, 2.75) is 13.0 Å². The van der Waals surface area contributed by atoms with Crippen molar-refractivity contribution in [3.05, 3.63) is 65.2 Å². The van der Waals surface area contributed by atoms with E-state index in [9.17, 15) is 18.4 Å². The van der Waals surface area contributed by atoms with Crippen LogP contribution in [0.3, 0.4) is 0 Å². The third kappa shape index (κ3) is 6.03. The van der Waals surface area contributed by atoms with Crippen LogP contribution in [-0.2, 0) is 20.7 Å². The average Bonchev–Trinajstić information content (AvgIpc) is 2.72. The maximum atomic E-state index is 12.1. The fraction of sp³-hybridized carbons (Fsp3) is 0.238. The quantitative estimate of drug-likeness (QED) is 0.686. The van der Waals surface area contributed by atoms with E-state index >= 15 is 0 Å². The van der Waals surface area contributed by atoms with E-state index in [4.69, 9.17) is 9.47 Å². The molecule has 3 rings (SSSR count). The minimum atomic E-state index is -2.87. The van der Waals surface area contributed by atoms with Crippen molar-refractivity contribution in [2.75, 3.05) is 19.8 Å². The second-order valence-electron chi connectivity index (χ2n) is 6.19. The number of ether oxygens (including phenoxy) is 3. The van der Waals surface area contributed by atoms with Gasteiger partial charge in [0.1, 0.15) is 18.1 Å². The first kappa shape index (κ1) is 20.3. The van der Waals surface area contributed by atoms with Gasteiger partial charge < -0.3 is 19.5 Å². The zero-order valence-corrected chi connectivity index (χ0v) is 15.4. The number of hydrogen-bond donors (Lipinski definition) is 1. The van der Waals surface area contributed by atoms with Crippen molar-refractivity contribution < 1.29 is 32.6 Å². The van der Waals surface area contributed by atoms with Crippen molar-refractivity contribution in [3.8, 4) is 11.5 Å². The first-order valence-corrected chi connectivity index (χ1v) is 8.91. The van der Waals surface area contributed by atoms with Gasteiger partial charge in [0.2, 0.25) is 0 Å². The Balaban J connectivity index is 1.39. The molecule has 2 aromatic rings. The summed E-state index contributed by atoms with van der Waals surface area (Å²) in [4.78, 5) is 24.0. The molecule has 8 heteroatoms. The molecular formula is C21H19F2NO5. The van der Waals surface area contributed by atoms with Crippen molar-refractivity contribution in [3.63, 3.8) is 0 Å². The van der Waals surface area contributed by atoms with Gasteiger partial charge in [0.05, 0.1) is 5.57 Å². The van der Waals surface area contributed by atoms with Crippen LogP contribution in [0.25, 0.3) is 6.08 Å². The molecule has 1 heterocycles. The SMILES string of the molecule is O=C(COC(=O)C1=Cc2ccccc2OC1)NCCc1ccc(OC(F)F)cc1. The number of para-hydroxylation sites is 1. The van der Waals surface area contributed by atoms with Crippen molar-refractivity contribution in [2.24, 2.45) is 0 Å². The van der Waals surface area contributed by atoms with E-state index in [0.717, 1.165) is 11.1 Å². The Morgan fingerprint density at radius 1 is 1.10 bits per heavy atom. The van der Waals surface area contributed by atoms with Crippen LogP contribution in [-0.4, -0.2) is 38.2 Å². The van der Waals surface area contributed by atoms with Crippen LogP contribution in [0.15, 0.2) is 54.1 Å². The molecule has 0 saturated carbocycles. The summed E-state index contributed by atoms with van der Waals surface area (Å²) in [6.45, 7) is -2.87. The number of amides is 1. The number of esters is 1. The highest BCUT2D eigenvalue weighted by molar-refractivity contribution is 5.96. The second-order valence-corrected chi connectivity index (χ2v) is 6.19. The molecule has 2 aromatic carbocycles. The van der Waals surface area contributed by atoms with E-state index in [1.54, 1.807) is 24.3 Å². The number of alkyl halides is 2. The van der Waals surface area contributed by atoms with E-state index in [0.29, 0.717) is 24.3 Å². The minimum Gasteiger partial charge on any atom is -0.488 e. The highest BCUT2D eigenvalue weighted by Crippen LogP contribution is 2.26. The molecule has 152 valence electrons. The Morgan fingerprint density at radius 3 is 2.62 bits per heavy atom. The van der Waals surface area contributed by atoms with Gasteiger partial charge in [-0.15, -0.1) is 0 Å². The van der Waals surface area contributed by atoms with Gasteiger partial charge in [-0.3, -0.25) is 4.79 Å². The molecule has 1 N–H and O–H groups in total. The standard InChI is InChI=1S/C21H19F2NO5/c22-21(23)29-17-7-5-14(6-8-17)9-10-24-19(25)13-28-20(26)16-11-15-3-1-2-4-18(15)27-12-16/h1-8,11,21H,9-10,12-13H2,(H,24,25). The van der Waals surface area contributed by atoms with Crippen LogP contribution in [0.2, 0.25) is 0 Å². The van der Waals surface area contributed by atoms with Gasteiger partial charge in [0.15, 0.2) is 6.61 Å². The molecule has 0 unspecified atom stereocenters. The van der Waals surface area contributed by atoms with E-state index in [2.05, 4.69) is 10.1 Å². The number of hydrogen-bond acceptors (Lipinski definition) is 5. The molecule has 0 aromatic heterocycles. The van der Waals surface area contributed by atoms with Crippen LogP contribution in [0.4, 0.5) is 8.78 Å². The number of benzene rings is 2. The molecule has 0 fully saturated rings. The lowest BCUT2D eigenvalue weighted by Gasteiger charge is -2.16. The molecule has 1 aliphatic rings. The molecule has 0 saturated heterocycles. The smallest absolute Gasteiger partial charge is 0.387 e. The van der Waals surface area contributed by atoms with Crippen molar-refractivity contribution in [1.82, 2.24) is 5.32 Å². The predicted octanol–water partition coefficient (Wildman–Crippen LogP) is 2.97. The Hall–Kier alpha value is -3.42. The Morgan fingerprint density at radius 2 is 1.86 bits per heavy atom. The summed E-state index contributed by atoms with van der Waals surface area (Å²) < 4.78 is 39.0. The topological polar surface area (TPSA) is 73.9 Å². The molecule has 1 amide bonds. The van der Waals surface area contributed by atoms with Crippen LogP contribution >= 0.6 is 0 Å². The van der Waals surface area contributed by atoms with Gasteiger partial charge in [0.25, 0.3) is 5.91 Å². The van der Waals surface area contributed by atoms with Crippen LogP contribution in [0.5, 0.6) is 11.5 Å². The minimum absolute atomic E-state index is 0.0725. The van der Waals surface area contributed by atoms with E-state index in [1.165, 1.54) is 12.1 Å². The lowest BCUT2D eigenvalue weighted by atomic mass is 10.1. The fourth-order valence-electron chi connectivity index (χ4n) is 2.69. The molecule has 29 heavy (non-hydrogen) atoms. The van der Waals surface area contributed by atoms with Crippen molar-refractivity contribution >= 4 is 18.0 Å². The zero-order valence-electron chi connectivity index (χ0n) is 15.4. The molecule has 0 spiro atoms. The lowest BCUT2D eigenvalue weighted by Crippen LogP contribution is -2.31. The van der Waals surface area contributed by atoms with Gasteiger partial charge in [0, 0.05) is 12.1 Å². The number of halogens is 2. The van der Waals surface area contributed by atoms with Gasteiger partial charge >= 0.3 is 12.6 Å². The molecule has 0 atom stereocenters. The van der Waals surface area contributed by atoms with Gasteiger partial charge in [-0.2, -0.15) is 8.78 Å². The highest BCUT2D eigenvalue weighted by atomic mass is 19.3. The van der Waals surface area contributed by atoms with E-state index in [1.807, 2.05) is 18.2 Å². The van der Waals surface area contributed by atoms with Gasteiger partial charge in [-0.25, -0.2) is 4.79 Å². The molecule has 0 radical (unpaired) electrons. The van der Waals surface area contributed by atoms with Gasteiger partial charge in [-0.1, -0.05) is 30.3 Å². The Labute approximate surface area is 166 Å². The molecule has 1 aliphatic heterocycles. The van der Waals surface area contributed by atoms with Crippen molar-refractivity contribution in [1.29, 1.82) is 0 Å². The third-order valence-electron chi connectivity index (χ3n) is 4.11. The number of fused-ring (bicyclic) bond motifs is 1. The lowest BCUT2D eigenvalue weighted by molar-refractivity contribution is -0.145. The number of carbonyl (C=O) groups is 2. The summed E-state index contributed by atoms with van der Waals surface area (Å²) >= 11 is 0. The predicted molar refractivity (Wildman–Crippen MR) is 101 cm³/mol. The number of nitrogens with one attached hydrogen (secondary N) is 1. The third-order valence-corrected chi connectivity index (χ3v) is 4.11. The van der Waals surface area contributed by atoms with E-state index in [-0.39, 0.29) is 12.4 Å². The van der Waals surface area contributed by atoms with Crippen LogP contribution < -0.4 is 14.8 Å². The van der Waals surface area contributed by atoms with Crippen LogP contribution in [0.1, 0.15) is 11.1 Å².